The molecule has 114 valence electrons. The summed E-state index contributed by atoms with van der Waals surface area (Å²) in [4.78, 5) is 19.0. The molecule has 0 saturated heterocycles. The zero-order chi connectivity index (χ0) is 15.1. The van der Waals surface area contributed by atoms with Crippen molar-refractivity contribution in [3.8, 4) is 0 Å². The average molecular weight is 298 g/mol. The molecular formula is C15H26N2O2S. The van der Waals surface area contributed by atoms with E-state index >= 15 is 0 Å². The SMILES string of the molecule is CCCCN(CC)Cc1sc(C(C)C)nc1CC(=O)O. The van der Waals surface area contributed by atoms with Crippen LogP contribution in [0.4, 0.5) is 0 Å². The summed E-state index contributed by atoms with van der Waals surface area (Å²) < 4.78 is 0. The van der Waals surface area contributed by atoms with Gasteiger partial charge in [0.05, 0.1) is 17.1 Å². The molecule has 0 aliphatic rings. The van der Waals surface area contributed by atoms with Crippen LogP contribution in [0.5, 0.6) is 0 Å². The van der Waals surface area contributed by atoms with E-state index in [9.17, 15) is 4.79 Å². The molecule has 0 spiro atoms. The summed E-state index contributed by atoms with van der Waals surface area (Å²) in [6.45, 7) is 11.4. The summed E-state index contributed by atoms with van der Waals surface area (Å²) in [5.41, 5.74) is 0.751. The lowest BCUT2D eigenvalue weighted by Gasteiger charge is -2.19. The fraction of sp³-hybridized carbons (Fsp3) is 0.733. The van der Waals surface area contributed by atoms with Gasteiger partial charge in [-0.3, -0.25) is 9.69 Å². The molecule has 1 N–H and O–H groups in total. The number of aliphatic carboxylic acids is 1. The topological polar surface area (TPSA) is 53.4 Å². The summed E-state index contributed by atoms with van der Waals surface area (Å²) in [6, 6.07) is 0. The van der Waals surface area contributed by atoms with E-state index in [0.717, 1.165) is 35.2 Å². The largest absolute Gasteiger partial charge is 0.481 e. The highest BCUT2D eigenvalue weighted by molar-refractivity contribution is 7.11. The fourth-order valence-electron chi connectivity index (χ4n) is 1.99. The molecule has 0 aromatic carbocycles. The fourth-order valence-corrected chi connectivity index (χ4v) is 3.12. The first-order valence-electron chi connectivity index (χ1n) is 7.40. The molecular weight excluding hydrogens is 272 g/mol. The molecule has 1 aromatic heterocycles. The molecule has 0 aliphatic carbocycles. The monoisotopic (exact) mass is 298 g/mol. The van der Waals surface area contributed by atoms with Crippen molar-refractivity contribution in [2.45, 2.75) is 59.4 Å². The molecule has 5 heteroatoms. The second-order valence-electron chi connectivity index (χ2n) is 5.37. The van der Waals surface area contributed by atoms with E-state index in [0.29, 0.717) is 5.92 Å². The molecule has 0 atom stereocenters. The summed E-state index contributed by atoms with van der Waals surface area (Å²) in [6.07, 6.45) is 2.39. The highest BCUT2D eigenvalue weighted by Crippen LogP contribution is 2.26. The van der Waals surface area contributed by atoms with Gasteiger partial charge < -0.3 is 5.11 Å². The number of carboxylic acid groups (broad SMARTS) is 1. The molecule has 0 radical (unpaired) electrons. The number of rotatable bonds is 9. The second kappa shape index (κ2) is 8.37. The van der Waals surface area contributed by atoms with Crippen molar-refractivity contribution < 1.29 is 9.90 Å². The van der Waals surface area contributed by atoms with Gasteiger partial charge in [0.2, 0.25) is 0 Å². The van der Waals surface area contributed by atoms with Gasteiger partial charge in [-0.15, -0.1) is 11.3 Å². The average Bonchev–Trinajstić information content (AvgIpc) is 2.77. The van der Waals surface area contributed by atoms with Gasteiger partial charge in [0.25, 0.3) is 0 Å². The Morgan fingerprint density at radius 3 is 2.60 bits per heavy atom. The van der Waals surface area contributed by atoms with E-state index in [1.165, 1.54) is 12.8 Å². The summed E-state index contributed by atoms with van der Waals surface area (Å²) >= 11 is 1.67. The Morgan fingerprint density at radius 1 is 1.40 bits per heavy atom. The Balaban J connectivity index is 2.86. The Morgan fingerprint density at radius 2 is 2.10 bits per heavy atom. The number of thiazole rings is 1. The second-order valence-corrected chi connectivity index (χ2v) is 6.48. The molecule has 0 saturated carbocycles. The maximum Gasteiger partial charge on any atom is 0.309 e. The lowest BCUT2D eigenvalue weighted by molar-refractivity contribution is -0.136. The third-order valence-corrected chi connectivity index (χ3v) is 4.63. The van der Waals surface area contributed by atoms with Crippen LogP contribution >= 0.6 is 11.3 Å². The smallest absolute Gasteiger partial charge is 0.309 e. The van der Waals surface area contributed by atoms with Crippen LogP contribution in [0.15, 0.2) is 0 Å². The molecule has 1 heterocycles. The van der Waals surface area contributed by atoms with E-state index in [2.05, 4.69) is 37.6 Å². The molecule has 20 heavy (non-hydrogen) atoms. The van der Waals surface area contributed by atoms with Crippen molar-refractivity contribution in [1.29, 1.82) is 0 Å². The lowest BCUT2D eigenvalue weighted by Crippen LogP contribution is -2.24. The first-order valence-corrected chi connectivity index (χ1v) is 8.22. The minimum atomic E-state index is -0.802. The Labute approximate surface area is 125 Å². The van der Waals surface area contributed by atoms with Crippen LogP contribution in [0.3, 0.4) is 0 Å². The van der Waals surface area contributed by atoms with Gasteiger partial charge in [-0.1, -0.05) is 34.1 Å². The number of nitrogens with zero attached hydrogens (tertiary/aromatic N) is 2. The Bertz CT molecular complexity index is 430. The predicted molar refractivity (Wildman–Crippen MR) is 83.4 cm³/mol. The van der Waals surface area contributed by atoms with E-state index in [-0.39, 0.29) is 6.42 Å². The molecule has 4 nitrogen and oxygen atoms in total. The van der Waals surface area contributed by atoms with Crippen molar-refractivity contribution in [2.75, 3.05) is 13.1 Å². The summed E-state index contributed by atoms with van der Waals surface area (Å²) in [5.74, 6) is -0.449. The van der Waals surface area contributed by atoms with Gasteiger partial charge in [0.1, 0.15) is 0 Å². The van der Waals surface area contributed by atoms with Crippen LogP contribution in [0, 0.1) is 0 Å². The quantitative estimate of drug-likeness (QED) is 0.758. The third-order valence-electron chi connectivity index (χ3n) is 3.25. The molecule has 0 fully saturated rings. The van der Waals surface area contributed by atoms with Gasteiger partial charge in [0, 0.05) is 17.3 Å². The van der Waals surface area contributed by atoms with Crippen molar-refractivity contribution in [3.05, 3.63) is 15.6 Å². The summed E-state index contributed by atoms with van der Waals surface area (Å²) in [7, 11) is 0. The molecule has 0 unspecified atom stereocenters. The molecule has 0 aliphatic heterocycles. The number of carboxylic acids is 1. The molecule has 1 rings (SSSR count). The van der Waals surface area contributed by atoms with Crippen molar-refractivity contribution in [3.63, 3.8) is 0 Å². The minimum Gasteiger partial charge on any atom is -0.481 e. The zero-order valence-electron chi connectivity index (χ0n) is 13.0. The van der Waals surface area contributed by atoms with Crippen LogP contribution in [0.2, 0.25) is 0 Å². The number of carbonyl (C=O) groups is 1. The molecule has 1 aromatic rings. The normalized spacial score (nSPS) is 11.5. The highest BCUT2D eigenvalue weighted by Gasteiger charge is 2.17. The maximum absolute atomic E-state index is 11.0. The zero-order valence-corrected chi connectivity index (χ0v) is 13.8. The van der Waals surface area contributed by atoms with Gasteiger partial charge in [-0.05, 0) is 19.5 Å². The van der Waals surface area contributed by atoms with Crippen molar-refractivity contribution in [2.24, 2.45) is 0 Å². The predicted octanol–water partition coefficient (Wildman–Crippen LogP) is 3.52. The van der Waals surface area contributed by atoms with Gasteiger partial charge in [-0.25, -0.2) is 4.98 Å². The van der Waals surface area contributed by atoms with E-state index in [1.54, 1.807) is 11.3 Å². The van der Waals surface area contributed by atoms with Crippen molar-refractivity contribution >= 4 is 17.3 Å². The Hall–Kier alpha value is -0.940. The number of aromatic nitrogens is 1. The standard InChI is InChI=1S/C15H26N2O2S/c1-5-7-8-17(6-2)10-13-12(9-14(18)19)16-15(20-13)11(3)4/h11H,5-10H2,1-4H3,(H,18,19). The maximum atomic E-state index is 11.0. The lowest BCUT2D eigenvalue weighted by atomic mass is 10.2. The Kier molecular flexibility index (Phi) is 7.16. The van der Waals surface area contributed by atoms with Crippen LogP contribution in [-0.4, -0.2) is 34.0 Å². The number of hydrogen-bond donors (Lipinski definition) is 1. The molecule has 0 amide bonds. The summed E-state index contributed by atoms with van der Waals surface area (Å²) in [5, 5.41) is 10.1. The number of hydrogen-bond acceptors (Lipinski definition) is 4. The minimum absolute atomic E-state index is 0.0316. The van der Waals surface area contributed by atoms with E-state index in [4.69, 9.17) is 5.11 Å². The van der Waals surface area contributed by atoms with Crippen LogP contribution in [0.25, 0.3) is 0 Å². The van der Waals surface area contributed by atoms with Crippen LogP contribution in [0.1, 0.15) is 62.0 Å². The highest BCUT2D eigenvalue weighted by atomic mass is 32.1. The molecule has 0 bridgehead atoms. The van der Waals surface area contributed by atoms with Crippen molar-refractivity contribution in [1.82, 2.24) is 9.88 Å². The van der Waals surface area contributed by atoms with E-state index in [1.807, 2.05) is 0 Å². The third kappa shape index (κ3) is 5.21. The van der Waals surface area contributed by atoms with Gasteiger partial charge in [-0.2, -0.15) is 0 Å². The van der Waals surface area contributed by atoms with Gasteiger partial charge in [0.15, 0.2) is 0 Å². The van der Waals surface area contributed by atoms with Gasteiger partial charge >= 0.3 is 5.97 Å². The van der Waals surface area contributed by atoms with E-state index < -0.39 is 5.97 Å². The first-order chi connectivity index (χ1) is 9.47. The first kappa shape index (κ1) is 17.1. The number of unbranched alkanes of at least 4 members (excludes halogenated alkanes) is 1. The van der Waals surface area contributed by atoms with Crippen LogP contribution in [-0.2, 0) is 17.8 Å². The van der Waals surface area contributed by atoms with Crippen LogP contribution < -0.4 is 0 Å².